The van der Waals surface area contributed by atoms with Crippen LogP contribution in [0.3, 0.4) is 0 Å². The van der Waals surface area contributed by atoms with Gasteiger partial charge in [0, 0.05) is 23.0 Å². The van der Waals surface area contributed by atoms with E-state index in [0.29, 0.717) is 5.56 Å². The number of carbonyl (C=O) groups excluding carboxylic acids is 2. The van der Waals surface area contributed by atoms with E-state index in [-0.39, 0.29) is 23.0 Å². The van der Waals surface area contributed by atoms with E-state index < -0.39 is 0 Å². The zero-order chi connectivity index (χ0) is 17.9. The molecule has 0 radical (unpaired) electrons. The van der Waals surface area contributed by atoms with Gasteiger partial charge in [-0.25, -0.2) is 0 Å². The molecule has 0 aliphatic rings. The predicted octanol–water partition coefficient (Wildman–Crippen LogP) is 3.48. The Balaban J connectivity index is 2.18. The number of hydrogen-bond acceptors (Lipinski definition) is 3. The second kappa shape index (κ2) is 6.83. The molecule has 0 aliphatic carbocycles. The highest BCUT2D eigenvalue weighted by molar-refractivity contribution is 6.05. The lowest BCUT2D eigenvalue weighted by molar-refractivity contribution is 0.0919. The number of aryl methyl sites for hydroxylation is 2. The summed E-state index contributed by atoms with van der Waals surface area (Å²) in [6.45, 7) is 9.64. The Morgan fingerprint density at radius 2 is 1.71 bits per heavy atom. The van der Waals surface area contributed by atoms with Crippen molar-refractivity contribution < 1.29 is 9.59 Å². The van der Waals surface area contributed by atoms with Gasteiger partial charge in [0.15, 0.2) is 0 Å². The first-order valence-corrected chi connectivity index (χ1v) is 7.83. The summed E-state index contributed by atoms with van der Waals surface area (Å²) >= 11 is 0. The van der Waals surface area contributed by atoms with Gasteiger partial charge >= 0.3 is 0 Å². The molecule has 24 heavy (non-hydrogen) atoms. The van der Waals surface area contributed by atoms with E-state index in [9.17, 15) is 9.59 Å². The third kappa shape index (κ3) is 4.65. The fourth-order valence-electron chi connectivity index (χ4n) is 2.25. The van der Waals surface area contributed by atoms with Gasteiger partial charge in [-0.3, -0.25) is 14.6 Å². The fourth-order valence-corrected chi connectivity index (χ4v) is 2.25. The van der Waals surface area contributed by atoms with E-state index >= 15 is 0 Å². The lowest BCUT2D eigenvalue weighted by Gasteiger charge is -2.20. The number of benzene rings is 1. The van der Waals surface area contributed by atoms with Crippen LogP contribution in [0.1, 0.15) is 52.7 Å². The van der Waals surface area contributed by atoms with Gasteiger partial charge in [0.05, 0.1) is 0 Å². The fraction of sp³-hybridized carbons (Fsp3) is 0.316. The topological polar surface area (TPSA) is 71.1 Å². The van der Waals surface area contributed by atoms with Crippen LogP contribution in [0.2, 0.25) is 0 Å². The maximum absolute atomic E-state index is 12.4. The summed E-state index contributed by atoms with van der Waals surface area (Å²) in [5.74, 6) is -0.571. The number of amides is 2. The van der Waals surface area contributed by atoms with Gasteiger partial charge in [-0.2, -0.15) is 0 Å². The van der Waals surface area contributed by atoms with Crippen molar-refractivity contribution in [3.8, 4) is 0 Å². The number of nitrogens with one attached hydrogen (secondary N) is 2. The first-order chi connectivity index (χ1) is 11.2. The van der Waals surface area contributed by atoms with Crippen molar-refractivity contribution in [2.45, 2.75) is 40.2 Å². The predicted molar refractivity (Wildman–Crippen MR) is 95.3 cm³/mol. The van der Waals surface area contributed by atoms with Crippen LogP contribution in [-0.4, -0.2) is 22.3 Å². The summed E-state index contributed by atoms with van der Waals surface area (Å²) in [6.07, 6.45) is 1.47. The summed E-state index contributed by atoms with van der Waals surface area (Å²) in [5.41, 5.74) is 3.11. The Kier molecular flexibility index (Phi) is 5.02. The van der Waals surface area contributed by atoms with Crippen molar-refractivity contribution in [1.29, 1.82) is 0 Å². The van der Waals surface area contributed by atoms with E-state index in [0.717, 1.165) is 16.8 Å². The van der Waals surface area contributed by atoms with Gasteiger partial charge in [-0.1, -0.05) is 17.7 Å². The third-order valence-electron chi connectivity index (χ3n) is 3.37. The lowest BCUT2D eigenvalue weighted by Crippen LogP contribution is -2.40. The molecule has 1 heterocycles. The van der Waals surface area contributed by atoms with E-state index in [1.54, 1.807) is 6.07 Å². The Bertz CT molecular complexity index is 776. The van der Waals surface area contributed by atoms with Crippen molar-refractivity contribution in [3.05, 3.63) is 58.9 Å². The van der Waals surface area contributed by atoms with E-state index in [2.05, 4.69) is 15.6 Å². The van der Waals surface area contributed by atoms with E-state index in [4.69, 9.17) is 0 Å². The number of rotatable bonds is 3. The summed E-state index contributed by atoms with van der Waals surface area (Å²) in [4.78, 5) is 28.7. The number of carbonyl (C=O) groups is 2. The normalized spacial score (nSPS) is 11.0. The van der Waals surface area contributed by atoms with Gasteiger partial charge in [-0.05, 0) is 58.4 Å². The minimum Gasteiger partial charge on any atom is -0.347 e. The van der Waals surface area contributed by atoms with Crippen LogP contribution < -0.4 is 10.6 Å². The van der Waals surface area contributed by atoms with Crippen LogP contribution in [-0.2, 0) is 0 Å². The minimum absolute atomic E-state index is 0.205. The average molecular weight is 325 g/mol. The van der Waals surface area contributed by atoms with Crippen LogP contribution in [0.5, 0.6) is 0 Å². The highest BCUT2D eigenvalue weighted by atomic mass is 16.2. The molecule has 0 saturated heterocycles. The van der Waals surface area contributed by atoms with E-state index in [1.165, 1.54) is 12.3 Å². The van der Waals surface area contributed by atoms with E-state index in [1.807, 2.05) is 52.8 Å². The minimum atomic E-state index is -0.345. The molecular weight excluding hydrogens is 302 g/mol. The summed E-state index contributed by atoms with van der Waals surface area (Å²) < 4.78 is 0. The molecule has 5 nitrogen and oxygen atoms in total. The smallest absolute Gasteiger partial charge is 0.274 e. The second-order valence-electron chi connectivity index (χ2n) is 6.91. The molecule has 1 aromatic heterocycles. The number of anilines is 1. The zero-order valence-electron chi connectivity index (χ0n) is 14.7. The van der Waals surface area contributed by atoms with Crippen molar-refractivity contribution in [1.82, 2.24) is 10.3 Å². The van der Waals surface area contributed by atoms with Crippen molar-refractivity contribution in [2.24, 2.45) is 0 Å². The highest BCUT2D eigenvalue weighted by Gasteiger charge is 2.17. The zero-order valence-corrected chi connectivity index (χ0v) is 14.7. The number of nitrogens with zero attached hydrogens (tertiary/aromatic N) is 1. The molecule has 2 N–H and O–H groups in total. The van der Waals surface area contributed by atoms with Gasteiger partial charge in [0.1, 0.15) is 5.69 Å². The van der Waals surface area contributed by atoms with Crippen molar-refractivity contribution >= 4 is 17.5 Å². The monoisotopic (exact) mass is 325 g/mol. The molecule has 2 amide bonds. The molecule has 0 unspecified atom stereocenters. The summed E-state index contributed by atoms with van der Waals surface area (Å²) in [5, 5.41) is 5.70. The molecular formula is C19H23N3O2. The number of aromatic nitrogens is 1. The van der Waals surface area contributed by atoms with Gasteiger partial charge in [0.2, 0.25) is 0 Å². The molecule has 1 aromatic carbocycles. The summed E-state index contributed by atoms with van der Waals surface area (Å²) in [6, 6.07) is 8.88. The quantitative estimate of drug-likeness (QED) is 0.907. The standard InChI is InChI=1S/C19H23N3O2/c1-12-6-7-15(13(2)10-12)21-18(24)16-11-14(8-9-20-16)17(23)22-19(3,4)5/h6-11H,1-5H3,(H,21,24)(H,22,23). The maximum atomic E-state index is 12.4. The molecule has 0 saturated carbocycles. The maximum Gasteiger partial charge on any atom is 0.274 e. The van der Waals surface area contributed by atoms with Crippen LogP contribution in [0, 0.1) is 13.8 Å². The molecule has 2 aromatic rings. The highest BCUT2D eigenvalue weighted by Crippen LogP contribution is 2.17. The Morgan fingerprint density at radius 1 is 1.00 bits per heavy atom. The number of hydrogen-bond donors (Lipinski definition) is 2. The Labute approximate surface area is 142 Å². The molecule has 0 bridgehead atoms. The molecule has 2 rings (SSSR count). The van der Waals surface area contributed by atoms with Crippen LogP contribution >= 0.6 is 0 Å². The Morgan fingerprint density at radius 3 is 2.33 bits per heavy atom. The van der Waals surface area contributed by atoms with Crippen LogP contribution in [0.25, 0.3) is 0 Å². The van der Waals surface area contributed by atoms with Gasteiger partial charge in [-0.15, -0.1) is 0 Å². The van der Waals surface area contributed by atoms with Gasteiger partial charge < -0.3 is 10.6 Å². The number of pyridine rings is 1. The molecule has 126 valence electrons. The first kappa shape index (κ1) is 17.7. The molecule has 0 aliphatic heterocycles. The van der Waals surface area contributed by atoms with Crippen LogP contribution in [0.4, 0.5) is 5.69 Å². The van der Waals surface area contributed by atoms with Crippen molar-refractivity contribution in [3.63, 3.8) is 0 Å². The molecule has 0 atom stereocenters. The Hall–Kier alpha value is -2.69. The molecule has 5 heteroatoms. The summed E-state index contributed by atoms with van der Waals surface area (Å²) in [7, 11) is 0. The molecule has 0 spiro atoms. The SMILES string of the molecule is Cc1ccc(NC(=O)c2cc(C(=O)NC(C)(C)C)ccn2)c(C)c1. The second-order valence-corrected chi connectivity index (χ2v) is 6.91. The van der Waals surface area contributed by atoms with Crippen molar-refractivity contribution in [2.75, 3.05) is 5.32 Å². The third-order valence-corrected chi connectivity index (χ3v) is 3.37. The molecule has 0 fully saturated rings. The first-order valence-electron chi connectivity index (χ1n) is 7.83. The van der Waals surface area contributed by atoms with Crippen LogP contribution in [0.15, 0.2) is 36.5 Å². The largest absolute Gasteiger partial charge is 0.347 e. The van der Waals surface area contributed by atoms with Gasteiger partial charge in [0.25, 0.3) is 11.8 Å². The lowest BCUT2D eigenvalue weighted by atomic mass is 10.1. The average Bonchev–Trinajstić information content (AvgIpc) is 2.48.